The monoisotopic (exact) mass is 203 g/mol. The fourth-order valence-electron chi connectivity index (χ4n) is 1.44. The second kappa shape index (κ2) is 4.18. The van der Waals surface area contributed by atoms with Crippen LogP contribution in [-0.4, -0.2) is 26.3 Å². The van der Waals surface area contributed by atoms with Crippen LogP contribution in [0.1, 0.15) is 5.69 Å². The predicted molar refractivity (Wildman–Crippen MR) is 57.0 cm³/mol. The fourth-order valence-corrected chi connectivity index (χ4v) is 1.44. The zero-order chi connectivity index (χ0) is 10.7. The van der Waals surface area contributed by atoms with E-state index in [2.05, 4.69) is 15.1 Å². The lowest BCUT2D eigenvalue weighted by molar-refractivity contribution is 0.708. The maximum atomic E-state index is 5.51. The van der Waals surface area contributed by atoms with Crippen molar-refractivity contribution in [3.63, 3.8) is 0 Å². The minimum absolute atomic E-state index is 0.624. The van der Waals surface area contributed by atoms with E-state index in [1.807, 2.05) is 17.8 Å². The molecule has 0 radical (unpaired) electrons. The Labute approximate surface area is 88.0 Å². The molecule has 2 heterocycles. The summed E-state index contributed by atoms with van der Waals surface area (Å²) in [6, 6.07) is 2.00. The number of rotatable bonds is 3. The zero-order valence-electron chi connectivity index (χ0n) is 8.59. The largest absolute Gasteiger partial charge is 0.330 e. The first-order chi connectivity index (χ1) is 7.31. The molecule has 0 spiro atoms. The minimum atomic E-state index is 0.624. The molecule has 2 N–H and O–H groups in total. The van der Waals surface area contributed by atoms with Gasteiger partial charge in [0.25, 0.3) is 0 Å². The molecule has 5 heteroatoms. The van der Waals surface area contributed by atoms with E-state index in [4.69, 9.17) is 5.73 Å². The molecule has 0 unspecified atom stereocenters. The molecule has 78 valence electrons. The average Bonchev–Trinajstić information content (AvgIpc) is 2.63. The van der Waals surface area contributed by atoms with Crippen molar-refractivity contribution in [2.24, 2.45) is 12.8 Å². The molecule has 2 aromatic heterocycles. The summed E-state index contributed by atoms with van der Waals surface area (Å²) in [5.41, 5.74) is 8.25. The summed E-state index contributed by atoms with van der Waals surface area (Å²) in [7, 11) is 1.91. The molecule has 0 saturated carbocycles. The third-order valence-electron chi connectivity index (χ3n) is 2.20. The topological polar surface area (TPSA) is 69.6 Å². The van der Waals surface area contributed by atoms with Crippen molar-refractivity contribution >= 4 is 0 Å². The van der Waals surface area contributed by atoms with Crippen LogP contribution in [0.25, 0.3) is 11.4 Å². The first kappa shape index (κ1) is 9.79. The number of hydrogen-bond acceptors (Lipinski definition) is 4. The molecular formula is C10H13N5. The summed E-state index contributed by atoms with van der Waals surface area (Å²) >= 11 is 0. The van der Waals surface area contributed by atoms with Gasteiger partial charge in [-0.25, -0.2) is 0 Å². The quantitative estimate of drug-likeness (QED) is 0.782. The van der Waals surface area contributed by atoms with E-state index in [-0.39, 0.29) is 0 Å². The molecule has 0 atom stereocenters. The van der Waals surface area contributed by atoms with Gasteiger partial charge in [0.15, 0.2) is 0 Å². The van der Waals surface area contributed by atoms with E-state index in [1.165, 1.54) is 0 Å². The second-order valence-corrected chi connectivity index (χ2v) is 3.27. The summed E-state index contributed by atoms with van der Waals surface area (Å²) in [4.78, 5) is 8.20. The molecule has 2 rings (SSSR count). The normalized spacial score (nSPS) is 10.5. The van der Waals surface area contributed by atoms with Crippen molar-refractivity contribution in [2.45, 2.75) is 6.42 Å². The van der Waals surface area contributed by atoms with E-state index < -0.39 is 0 Å². The fraction of sp³-hybridized carbons (Fsp3) is 0.300. The summed E-state index contributed by atoms with van der Waals surface area (Å²) in [5.74, 6) is 0. The van der Waals surface area contributed by atoms with Gasteiger partial charge in [-0.15, -0.1) is 0 Å². The Morgan fingerprint density at radius 1 is 1.33 bits per heavy atom. The van der Waals surface area contributed by atoms with Gasteiger partial charge < -0.3 is 5.73 Å². The van der Waals surface area contributed by atoms with Crippen LogP contribution in [0, 0.1) is 0 Å². The van der Waals surface area contributed by atoms with Crippen molar-refractivity contribution in [1.82, 2.24) is 19.7 Å². The lowest BCUT2D eigenvalue weighted by Gasteiger charge is -1.96. The first-order valence-electron chi connectivity index (χ1n) is 4.80. The van der Waals surface area contributed by atoms with Gasteiger partial charge in [-0.1, -0.05) is 0 Å². The van der Waals surface area contributed by atoms with Crippen LogP contribution in [0.4, 0.5) is 0 Å². The van der Waals surface area contributed by atoms with E-state index in [0.29, 0.717) is 6.54 Å². The molecule has 0 aliphatic rings. The number of nitrogens with zero attached hydrogens (tertiary/aromatic N) is 4. The number of nitrogens with two attached hydrogens (primary N) is 1. The van der Waals surface area contributed by atoms with Crippen molar-refractivity contribution in [1.29, 1.82) is 0 Å². The maximum absolute atomic E-state index is 5.51. The molecule has 0 saturated heterocycles. The highest BCUT2D eigenvalue weighted by Gasteiger charge is 2.07. The Morgan fingerprint density at radius 2 is 2.20 bits per heavy atom. The number of aryl methyl sites for hydroxylation is 1. The second-order valence-electron chi connectivity index (χ2n) is 3.27. The number of hydrogen-bond donors (Lipinski definition) is 1. The van der Waals surface area contributed by atoms with Crippen LogP contribution in [0.5, 0.6) is 0 Å². The van der Waals surface area contributed by atoms with Crippen LogP contribution >= 0.6 is 0 Å². The summed E-state index contributed by atoms with van der Waals surface area (Å²) in [6.07, 6.45) is 5.83. The Bertz CT molecular complexity index is 434. The van der Waals surface area contributed by atoms with Gasteiger partial charge in [-0.2, -0.15) is 5.10 Å². The van der Waals surface area contributed by atoms with Crippen LogP contribution in [0.3, 0.4) is 0 Å². The van der Waals surface area contributed by atoms with Crippen molar-refractivity contribution in [3.8, 4) is 11.4 Å². The summed E-state index contributed by atoms with van der Waals surface area (Å²) in [5, 5.41) is 4.36. The molecule has 0 aliphatic carbocycles. The van der Waals surface area contributed by atoms with Gasteiger partial charge in [0.05, 0.1) is 6.20 Å². The highest BCUT2D eigenvalue weighted by atomic mass is 15.3. The molecule has 0 aliphatic heterocycles. The van der Waals surface area contributed by atoms with Crippen LogP contribution in [0.15, 0.2) is 24.7 Å². The van der Waals surface area contributed by atoms with Crippen LogP contribution in [-0.2, 0) is 13.5 Å². The molecular weight excluding hydrogens is 190 g/mol. The van der Waals surface area contributed by atoms with Gasteiger partial charge >= 0.3 is 0 Å². The summed E-state index contributed by atoms with van der Waals surface area (Å²) < 4.78 is 1.83. The molecule has 0 bridgehead atoms. The van der Waals surface area contributed by atoms with Crippen molar-refractivity contribution in [3.05, 3.63) is 30.4 Å². The molecule has 0 amide bonds. The Balaban J connectivity index is 2.34. The van der Waals surface area contributed by atoms with E-state index >= 15 is 0 Å². The van der Waals surface area contributed by atoms with Crippen molar-refractivity contribution in [2.75, 3.05) is 6.54 Å². The van der Waals surface area contributed by atoms with E-state index in [0.717, 1.165) is 23.5 Å². The predicted octanol–water partition coefficient (Wildman–Crippen LogP) is 0.378. The standard InChI is InChI=1S/C10H13N5/c1-15-8(2-3-11)6-9(14-15)10-7-12-4-5-13-10/h4-7H,2-3,11H2,1H3. The van der Waals surface area contributed by atoms with Crippen molar-refractivity contribution < 1.29 is 0 Å². The molecule has 2 aromatic rings. The van der Waals surface area contributed by atoms with Crippen LogP contribution < -0.4 is 5.73 Å². The third kappa shape index (κ3) is 2.02. The maximum Gasteiger partial charge on any atom is 0.113 e. The lowest BCUT2D eigenvalue weighted by Crippen LogP contribution is -2.06. The molecule has 0 fully saturated rings. The van der Waals surface area contributed by atoms with E-state index in [9.17, 15) is 0 Å². The Kier molecular flexibility index (Phi) is 2.73. The summed E-state index contributed by atoms with van der Waals surface area (Å²) in [6.45, 7) is 0.624. The highest BCUT2D eigenvalue weighted by molar-refractivity contribution is 5.52. The molecule has 0 aromatic carbocycles. The van der Waals surface area contributed by atoms with Gasteiger partial charge in [-0.05, 0) is 12.6 Å². The average molecular weight is 203 g/mol. The third-order valence-corrected chi connectivity index (χ3v) is 2.20. The van der Waals surface area contributed by atoms with Gasteiger partial charge in [0.1, 0.15) is 11.4 Å². The minimum Gasteiger partial charge on any atom is -0.330 e. The molecule has 5 nitrogen and oxygen atoms in total. The Hall–Kier alpha value is -1.75. The Morgan fingerprint density at radius 3 is 2.87 bits per heavy atom. The highest BCUT2D eigenvalue weighted by Crippen LogP contribution is 2.14. The SMILES string of the molecule is Cn1nc(-c2cnccn2)cc1CCN. The van der Waals surface area contributed by atoms with Gasteiger partial charge in [0.2, 0.25) is 0 Å². The van der Waals surface area contributed by atoms with Gasteiger partial charge in [0, 0.05) is 31.6 Å². The van der Waals surface area contributed by atoms with Crippen LogP contribution in [0.2, 0.25) is 0 Å². The molecule has 15 heavy (non-hydrogen) atoms. The van der Waals surface area contributed by atoms with Gasteiger partial charge in [-0.3, -0.25) is 14.6 Å². The van der Waals surface area contributed by atoms with E-state index in [1.54, 1.807) is 18.6 Å². The lowest BCUT2D eigenvalue weighted by atomic mass is 10.2. The zero-order valence-corrected chi connectivity index (χ0v) is 8.59. The first-order valence-corrected chi connectivity index (χ1v) is 4.80. The smallest absolute Gasteiger partial charge is 0.113 e. The number of aromatic nitrogens is 4.